The minimum Gasteiger partial charge on any atom is -0.493 e. The quantitative estimate of drug-likeness (QED) is 0.614. The predicted molar refractivity (Wildman–Crippen MR) is 133 cm³/mol. The van der Waals surface area contributed by atoms with Gasteiger partial charge >= 0.3 is 5.97 Å². The van der Waals surface area contributed by atoms with E-state index in [1.807, 2.05) is 31.2 Å². The number of amides is 2. The number of nitrogens with one attached hydrogen (secondary N) is 1. The molecular weight excluding hydrogens is 462 g/mol. The van der Waals surface area contributed by atoms with E-state index < -0.39 is 24.0 Å². The van der Waals surface area contributed by atoms with Gasteiger partial charge in [0.15, 0.2) is 11.5 Å². The molecule has 2 aliphatic heterocycles. The average molecular weight is 496 g/mol. The summed E-state index contributed by atoms with van der Waals surface area (Å²) < 4.78 is 15.9. The molecule has 3 unspecified atom stereocenters. The van der Waals surface area contributed by atoms with Gasteiger partial charge in [-0.3, -0.25) is 14.4 Å². The molecule has 2 heterocycles. The van der Waals surface area contributed by atoms with Crippen LogP contribution in [0.3, 0.4) is 0 Å². The summed E-state index contributed by atoms with van der Waals surface area (Å²) in [6, 6.07) is 11.1. The summed E-state index contributed by atoms with van der Waals surface area (Å²) in [6.45, 7) is 4.44. The zero-order chi connectivity index (χ0) is 25.8. The minimum absolute atomic E-state index is 0.158. The molecule has 2 aromatic rings. The number of hydrogen-bond acceptors (Lipinski definition) is 7. The largest absolute Gasteiger partial charge is 0.493 e. The van der Waals surface area contributed by atoms with Crippen molar-refractivity contribution in [2.45, 2.75) is 25.4 Å². The Hall–Kier alpha value is -3.59. The number of carbonyl (C=O) groups is 3. The van der Waals surface area contributed by atoms with Crippen molar-refractivity contribution >= 4 is 17.8 Å². The predicted octanol–water partition coefficient (Wildman–Crippen LogP) is 2.19. The molecule has 2 aliphatic rings. The summed E-state index contributed by atoms with van der Waals surface area (Å²) in [5, 5.41) is 3.25. The first-order valence-corrected chi connectivity index (χ1v) is 12.1. The fraction of sp³-hybridized carbons (Fsp3) is 0.444. The normalized spacial score (nSPS) is 21.7. The second-order valence-electron chi connectivity index (χ2n) is 9.09. The molecule has 9 nitrogen and oxygen atoms in total. The molecular formula is C27H33N3O6. The zero-order valence-electron chi connectivity index (χ0n) is 21.2. The van der Waals surface area contributed by atoms with Crippen LogP contribution in [0.4, 0.5) is 0 Å². The van der Waals surface area contributed by atoms with E-state index in [0.29, 0.717) is 43.2 Å². The first-order valence-electron chi connectivity index (χ1n) is 12.1. The lowest BCUT2D eigenvalue weighted by molar-refractivity contribution is -0.146. The molecule has 0 bridgehead atoms. The monoisotopic (exact) mass is 495 g/mol. The molecule has 0 spiro atoms. The molecule has 36 heavy (non-hydrogen) atoms. The Morgan fingerprint density at radius 3 is 2.19 bits per heavy atom. The summed E-state index contributed by atoms with van der Waals surface area (Å²) in [5.41, 5.74) is 2.17. The van der Waals surface area contributed by atoms with E-state index in [2.05, 4.69) is 5.32 Å². The lowest BCUT2D eigenvalue weighted by atomic mass is 9.92. The van der Waals surface area contributed by atoms with Crippen LogP contribution in [0.15, 0.2) is 42.5 Å². The topological polar surface area (TPSA) is 97.4 Å². The summed E-state index contributed by atoms with van der Waals surface area (Å²) >= 11 is 0. The highest BCUT2D eigenvalue weighted by Gasteiger charge is 2.52. The fourth-order valence-electron chi connectivity index (χ4n) is 5.11. The van der Waals surface area contributed by atoms with E-state index in [1.54, 1.807) is 28.0 Å². The van der Waals surface area contributed by atoms with Gasteiger partial charge in [0.25, 0.3) is 5.91 Å². The van der Waals surface area contributed by atoms with E-state index in [1.165, 1.54) is 21.3 Å². The third-order valence-electron chi connectivity index (χ3n) is 7.00. The SMILES string of the molecule is COC(=O)C1CC(C(=O)N2CCNCC2)N(C(=O)c2ccc(OC)c(OC)c2)C1c1ccc(C)cc1. The van der Waals surface area contributed by atoms with Crippen LogP contribution in [0.2, 0.25) is 0 Å². The average Bonchev–Trinajstić information content (AvgIpc) is 3.32. The molecule has 0 aromatic heterocycles. The number of ether oxygens (including phenoxy) is 3. The number of benzene rings is 2. The molecule has 2 amide bonds. The second kappa shape index (κ2) is 11.0. The van der Waals surface area contributed by atoms with Crippen LogP contribution < -0.4 is 14.8 Å². The maximum atomic E-state index is 14.1. The van der Waals surface area contributed by atoms with Crippen LogP contribution in [0.1, 0.15) is 33.9 Å². The highest BCUT2D eigenvalue weighted by molar-refractivity contribution is 5.99. The Morgan fingerprint density at radius 1 is 0.917 bits per heavy atom. The van der Waals surface area contributed by atoms with Crippen LogP contribution in [-0.2, 0) is 14.3 Å². The fourth-order valence-corrected chi connectivity index (χ4v) is 5.11. The van der Waals surface area contributed by atoms with E-state index in [4.69, 9.17) is 14.2 Å². The van der Waals surface area contributed by atoms with Gasteiger partial charge in [0.1, 0.15) is 6.04 Å². The number of nitrogens with zero attached hydrogens (tertiary/aromatic N) is 2. The van der Waals surface area contributed by atoms with E-state index in [0.717, 1.165) is 11.1 Å². The maximum absolute atomic E-state index is 14.1. The molecule has 9 heteroatoms. The van der Waals surface area contributed by atoms with Crippen molar-refractivity contribution in [3.05, 3.63) is 59.2 Å². The highest BCUT2D eigenvalue weighted by atomic mass is 16.5. The number of carbonyl (C=O) groups excluding carboxylic acids is 3. The summed E-state index contributed by atoms with van der Waals surface area (Å²) in [6.07, 6.45) is 0.188. The number of hydrogen-bond donors (Lipinski definition) is 1. The van der Waals surface area contributed by atoms with E-state index in [-0.39, 0.29) is 18.2 Å². The Kier molecular flexibility index (Phi) is 7.79. The van der Waals surface area contributed by atoms with Gasteiger partial charge < -0.3 is 29.3 Å². The lowest BCUT2D eigenvalue weighted by Gasteiger charge is -2.35. The van der Waals surface area contributed by atoms with Gasteiger partial charge in [-0.15, -0.1) is 0 Å². The zero-order valence-corrected chi connectivity index (χ0v) is 21.2. The van der Waals surface area contributed by atoms with Gasteiger partial charge in [0.2, 0.25) is 5.91 Å². The van der Waals surface area contributed by atoms with Gasteiger partial charge in [-0.05, 0) is 37.1 Å². The van der Waals surface area contributed by atoms with Crippen molar-refractivity contribution in [1.29, 1.82) is 0 Å². The first kappa shape index (κ1) is 25.5. The van der Waals surface area contributed by atoms with Crippen molar-refractivity contribution in [3.8, 4) is 11.5 Å². The molecule has 0 aliphatic carbocycles. The van der Waals surface area contributed by atoms with Gasteiger partial charge in [-0.25, -0.2) is 0 Å². The van der Waals surface area contributed by atoms with Gasteiger partial charge in [0.05, 0.1) is 33.3 Å². The van der Waals surface area contributed by atoms with Crippen molar-refractivity contribution in [3.63, 3.8) is 0 Å². The number of esters is 1. The standard InChI is InChI=1S/C27H33N3O6/c1-17-5-7-18(8-6-17)24-20(27(33)36-4)16-21(26(32)29-13-11-28-12-14-29)30(24)25(31)19-9-10-22(34-2)23(15-19)35-3/h5-10,15,20-21,24,28H,11-14,16H2,1-4H3. The molecule has 192 valence electrons. The third-order valence-corrected chi connectivity index (χ3v) is 7.00. The number of piperazine rings is 1. The highest BCUT2D eigenvalue weighted by Crippen LogP contribution is 2.44. The van der Waals surface area contributed by atoms with Crippen LogP contribution in [0.25, 0.3) is 0 Å². The smallest absolute Gasteiger partial charge is 0.311 e. The molecule has 2 saturated heterocycles. The van der Waals surface area contributed by atoms with Gasteiger partial charge in [0, 0.05) is 31.7 Å². The second-order valence-corrected chi connectivity index (χ2v) is 9.09. The van der Waals surface area contributed by atoms with Crippen LogP contribution >= 0.6 is 0 Å². The molecule has 3 atom stereocenters. The Bertz CT molecular complexity index is 1110. The number of aryl methyl sites for hydroxylation is 1. The maximum Gasteiger partial charge on any atom is 0.311 e. The van der Waals surface area contributed by atoms with E-state index in [9.17, 15) is 14.4 Å². The minimum atomic E-state index is -0.806. The Labute approximate surface area is 211 Å². The molecule has 0 saturated carbocycles. The number of methoxy groups -OCH3 is 3. The van der Waals surface area contributed by atoms with Crippen LogP contribution in [0.5, 0.6) is 11.5 Å². The summed E-state index contributed by atoms with van der Waals surface area (Å²) in [5.74, 6) is -0.745. The molecule has 2 fully saturated rings. The van der Waals surface area contributed by atoms with Gasteiger partial charge in [-0.2, -0.15) is 0 Å². The summed E-state index contributed by atoms with van der Waals surface area (Å²) in [7, 11) is 4.36. The van der Waals surface area contributed by atoms with Crippen molar-refractivity contribution in [1.82, 2.24) is 15.1 Å². The molecule has 1 N–H and O–H groups in total. The lowest BCUT2D eigenvalue weighted by Crippen LogP contribution is -2.53. The van der Waals surface area contributed by atoms with Gasteiger partial charge in [-0.1, -0.05) is 29.8 Å². The summed E-state index contributed by atoms with van der Waals surface area (Å²) in [4.78, 5) is 44.2. The number of likely N-dealkylation sites (tertiary alicyclic amines) is 1. The molecule has 4 rings (SSSR count). The Balaban J connectivity index is 1.81. The van der Waals surface area contributed by atoms with E-state index >= 15 is 0 Å². The molecule has 2 aromatic carbocycles. The first-order chi connectivity index (χ1) is 17.4. The van der Waals surface area contributed by atoms with Crippen molar-refractivity contribution in [2.75, 3.05) is 47.5 Å². The Morgan fingerprint density at radius 2 is 1.58 bits per heavy atom. The van der Waals surface area contributed by atoms with Crippen molar-refractivity contribution in [2.24, 2.45) is 5.92 Å². The molecule has 0 radical (unpaired) electrons. The van der Waals surface area contributed by atoms with Crippen molar-refractivity contribution < 1.29 is 28.6 Å². The third kappa shape index (κ3) is 4.88. The number of rotatable bonds is 6. The van der Waals surface area contributed by atoms with Crippen LogP contribution in [0, 0.1) is 12.8 Å². The van der Waals surface area contributed by atoms with Crippen LogP contribution in [-0.4, -0.2) is 81.1 Å².